The van der Waals surface area contributed by atoms with Crippen LogP contribution in [0, 0.1) is 6.92 Å². The first-order chi connectivity index (χ1) is 13.0. The van der Waals surface area contributed by atoms with Gasteiger partial charge in [-0.15, -0.1) is 11.8 Å². The van der Waals surface area contributed by atoms with Crippen LogP contribution in [0.1, 0.15) is 24.0 Å². The van der Waals surface area contributed by atoms with Gasteiger partial charge in [0.15, 0.2) is 0 Å². The highest BCUT2D eigenvalue weighted by atomic mass is 35.5. The molecule has 0 bridgehead atoms. The van der Waals surface area contributed by atoms with Crippen LogP contribution in [-0.4, -0.2) is 11.7 Å². The molecule has 3 aromatic rings. The molecule has 0 saturated carbocycles. The second-order valence-electron chi connectivity index (χ2n) is 6.16. The Morgan fingerprint density at radius 1 is 1.15 bits per heavy atom. The van der Waals surface area contributed by atoms with Crippen LogP contribution in [0.15, 0.2) is 62.6 Å². The Kier molecular flexibility index (Phi) is 6.58. The Labute approximate surface area is 166 Å². The number of aryl methyl sites for hydroxylation is 1. The highest BCUT2D eigenvalue weighted by molar-refractivity contribution is 7.99. The normalized spacial score (nSPS) is 10.9. The SMILES string of the molecule is Cc1ccc2c(COC(=O)CCCSc3ccc(Cl)cc3)cc(=O)oc2c1. The number of rotatable bonds is 7. The van der Waals surface area contributed by atoms with Crippen molar-refractivity contribution in [3.8, 4) is 0 Å². The van der Waals surface area contributed by atoms with E-state index in [1.165, 1.54) is 6.07 Å². The molecule has 0 amide bonds. The highest BCUT2D eigenvalue weighted by Crippen LogP contribution is 2.22. The van der Waals surface area contributed by atoms with Crippen LogP contribution in [0.3, 0.4) is 0 Å². The van der Waals surface area contributed by atoms with E-state index < -0.39 is 5.63 Å². The van der Waals surface area contributed by atoms with Gasteiger partial charge in [0.05, 0.1) is 0 Å². The Hall–Kier alpha value is -2.24. The van der Waals surface area contributed by atoms with Gasteiger partial charge in [-0.25, -0.2) is 4.79 Å². The standard InChI is InChI=1S/C21H19ClO4S/c1-14-4-9-18-15(12-21(24)26-19(18)11-14)13-25-20(23)3-2-10-27-17-7-5-16(22)6-8-17/h4-9,11-12H,2-3,10,13H2,1H3. The molecular formula is C21H19ClO4S. The van der Waals surface area contributed by atoms with Crippen molar-refractivity contribution in [3.63, 3.8) is 0 Å². The number of carbonyl (C=O) groups excluding carboxylic acids is 1. The molecule has 2 aromatic carbocycles. The van der Waals surface area contributed by atoms with Crippen molar-refractivity contribution in [1.82, 2.24) is 0 Å². The number of halogens is 1. The fourth-order valence-electron chi connectivity index (χ4n) is 2.62. The number of ether oxygens (including phenoxy) is 1. The van der Waals surface area contributed by atoms with Gasteiger partial charge < -0.3 is 9.15 Å². The van der Waals surface area contributed by atoms with Crippen LogP contribution < -0.4 is 5.63 Å². The molecule has 0 aliphatic heterocycles. The van der Waals surface area contributed by atoms with Gasteiger partial charge in [-0.2, -0.15) is 0 Å². The summed E-state index contributed by atoms with van der Waals surface area (Å²) < 4.78 is 10.6. The van der Waals surface area contributed by atoms with Gasteiger partial charge in [0.1, 0.15) is 12.2 Å². The van der Waals surface area contributed by atoms with E-state index in [0.717, 1.165) is 21.6 Å². The van der Waals surface area contributed by atoms with E-state index >= 15 is 0 Å². The number of carbonyl (C=O) groups is 1. The molecule has 1 aromatic heterocycles. The Bertz CT molecular complexity index is 995. The minimum absolute atomic E-state index is 0.0638. The summed E-state index contributed by atoms with van der Waals surface area (Å²) in [5, 5.41) is 1.49. The summed E-state index contributed by atoms with van der Waals surface area (Å²) in [6, 6.07) is 14.6. The highest BCUT2D eigenvalue weighted by Gasteiger charge is 2.09. The van der Waals surface area contributed by atoms with Gasteiger partial charge in [-0.05, 0) is 55.0 Å². The van der Waals surface area contributed by atoms with E-state index in [-0.39, 0.29) is 12.6 Å². The molecule has 27 heavy (non-hydrogen) atoms. The lowest BCUT2D eigenvalue weighted by Crippen LogP contribution is -2.07. The van der Waals surface area contributed by atoms with Crippen molar-refractivity contribution in [3.05, 3.63) is 75.1 Å². The predicted octanol–water partition coefficient (Wildman–Crippen LogP) is 5.37. The Balaban J connectivity index is 1.50. The second-order valence-corrected chi connectivity index (χ2v) is 7.76. The molecule has 6 heteroatoms. The zero-order chi connectivity index (χ0) is 19.2. The van der Waals surface area contributed by atoms with Gasteiger partial charge in [0, 0.05) is 33.4 Å². The molecule has 0 atom stereocenters. The number of hydrogen-bond donors (Lipinski definition) is 0. The molecule has 1 heterocycles. The number of hydrogen-bond acceptors (Lipinski definition) is 5. The largest absolute Gasteiger partial charge is 0.461 e. The van der Waals surface area contributed by atoms with Gasteiger partial charge in [-0.3, -0.25) is 4.79 Å². The third kappa shape index (κ3) is 5.62. The second kappa shape index (κ2) is 9.11. The van der Waals surface area contributed by atoms with Gasteiger partial charge in [-0.1, -0.05) is 23.7 Å². The summed E-state index contributed by atoms with van der Waals surface area (Å²) in [6.45, 7) is 1.99. The van der Waals surface area contributed by atoms with E-state index in [9.17, 15) is 9.59 Å². The number of esters is 1. The molecule has 0 aliphatic carbocycles. The minimum Gasteiger partial charge on any atom is -0.461 e. The Morgan fingerprint density at radius 2 is 1.93 bits per heavy atom. The third-order valence-electron chi connectivity index (χ3n) is 3.98. The molecule has 0 radical (unpaired) electrons. The first-order valence-corrected chi connectivity index (χ1v) is 9.95. The first-order valence-electron chi connectivity index (χ1n) is 8.58. The zero-order valence-electron chi connectivity index (χ0n) is 14.9. The molecule has 0 aliphatic rings. The first kappa shape index (κ1) is 19.5. The summed E-state index contributed by atoms with van der Waals surface area (Å²) in [4.78, 5) is 24.8. The summed E-state index contributed by atoms with van der Waals surface area (Å²) in [6.07, 6.45) is 1.04. The summed E-state index contributed by atoms with van der Waals surface area (Å²) in [5.41, 5.74) is 1.72. The van der Waals surface area contributed by atoms with Gasteiger partial charge in [0.2, 0.25) is 0 Å². The zero-order valence-corrected chi connectivity index (χ0v) is 16.4. The van der Waals surface area contributed by atoms with Crippen LogP contribution in [0.5, 0.6) is 0 Å². The van der Waals surface area contributed by atoms with E-state index in [1.54, 1.807) is 17.8 Å². The summed E-state index contributed by atoms with van der Waals surface area (Å²) in [7, 11) is 0. The third-order valence-corrected chi connectivity index (χ3v) is 5.33. The molecule has 0 unspecified atom stereocenters. The molecule has 0 fully saturated rings. The average molecular weight is 403 g/mol. The predicted molar refractivity (Wildman–Crippen MR) is 108 cm³/mol. The van der Waals surface area contributed by atoms with E-state index in [0.29, 0.717) is 29.0 Å². The van der Waals surface area contributed by atoms with Crippen molar-refractivity contribution >= 4 is 40.3 Å². The number of fused-ring (bicyclic) bond motifs is 1. The maximum atomic E-state index is 12.0. The van der Waals surface area contributed by atoms with Crippen LogP contribution in [0.25, 0.3) is 11.0 Å². The van der Waals surface area contributed by atoms with Crippen LogP contribution in [0.4, 0.5) is 0 Å². The number of benzene rings is 2. The average Bonchev–Trinajstić information content (AvgIpc) is 2.64. The van der Waals surface area contributed by atoms with Crippen molar-refractivity contribution in [2.45, 2.75) is 31.3 Å². The maximum absolute atomic E-state index is 12.0. The van der Waals surface area contributed by atoms with Gasteiger partial charge >= 0.3 is 11.6 Å². The summed E-state index contributed by atoms with van der Waals surface area (Å²) >= 11 is 7.53. The Morgan fingerprint density at radius 3 is 2.70 bits per heavy atom. The minimum atomic E-state index is -0.446. The van der Waals surface area contributed by atoms with Crippen molar-refractivity contribution in [2.24, 2.45) is 0 Å². The maximum Gasteiger partial charge on any atom is 0.336 e. The quantitative estimate of drug-likeness (QED) is 0.230. The van der Waals surface area contributed by atoms with E-state index in [4.69, 9.17) is 20.8 Å². The lowest BCUT2D eigenvalue weighted by Gasteiger charge is -2.08. The fourth-order valence-corrected chi connectivity index (χ4v) is 3.60. The van der Waals surface area contributed by atoms with Gasteiger partial charge in [0.25, 0.3) is 0 Å². The lowest BCUT2D eigenvalue weighted by atomic mass is 10.1. The monoisotopic (exact) mass is 402 g/mol. The topological polar surface area (TPSA) is 56.5 Å². The molecule has 0 saturated heterocycles. The smallest absolute Gasteiger partial charge is 0.336 e. The molecule has 0 spiro atoms. The van der Waals surface area contributed by atoms with Crippen molar-refractivity contribution in [2.75, 3.05) is 5.75 Å². The van der Waals surface area contributed by atoms with Crippen molar-refractivity contribution in [1.29, 1.82) is 0 Å². The molecule has 4 nitrogen and oxygen atoms in total. The molecule has 3 rings (SSSR count). The van der Waals surface area contributed by atoms with E-state index in [1.807, 2.05) is 43.3 Å². The number of thioether (sulfide) groups is 1. The summed E-state index contributed by atoms with van der Waals surface area (Å²) in [5.74, 6) is 0.536. The molecule has 140 valence electrons. The van der Waals surface area contributed by atoms with Crippen LogP contribution >= 0.6 is 23.4 Å². The molecular weight excluding hydrogens is 384 g/mol. The van der Waals surface area contributed by atoms with Crippen molar-refractivity contribution < 1.29 is 13.9 Å². The fraction of sp³-hybridized carbons (Fsp3) is 0.238. The van der Waals surface area contributed by atoms with E-state index in [2.05, 4.69) is 0 Å². The van der Waals surface area contributed by atoms with Crippen LogP contribution in [-0.2, 0) is 16.1 Å². The van der Waals surface area contributed by atoms with Crippen LogP contribution in [0.2, 0.25) is 5.02 Å². The molecule has 0 N–H and O–H groups in total. The lowest BCUT2D eigenvalue weighted by molar-refractivity contribution is -0.144.